The lowest BCUT2D eigenvalue weighted by Crippen LogP contribution is -2.49. The molecule has 0 radical (unpaired) electrons. The molecule has 3 heterocycles. The molecule has 3 atom stereocenters. The standard InChI is InChI=1S/C20H22N4O2/c1-14(25)24-13-16(15-5-3-2-4-6-15)17-12-23(10-7-19(17)24)20(26)18-11-21-8-9-22-18/h2-6,8-9,11,16-17,19H,7,10,12-13H2,1H3/t16-,17-,19-/m1/s1. The molecule has 2 aliphatic heterocycles. The number of likely N-dealkylation sites (tertiary alicyclic amines) is 2. The van der Waals surface area contributed by atoms with Crippen molar-refractivity contribution in [3.8, 4) is 0 Å². The summed E-state index contributed by atoms with van der Waals surface area (Å²) < 4.78 is 0. The second kappa shape index (κ2) is 6.86. The maximum atomic E-state index is 12.8. The maximum absolute atomic E-state index is 12.8. The molecule has 2 fully saturated rings. The van der Waals surface area contributed by atoms with Crippen molar-refractivity contribution >= 4 is 11.8 Å². The molecule has 2 amide bonds. The Balaban J connectivity index is 1.60. The van der Waals surface area contributed by atoms with Crippen LogP contribution in [0.15, 0.2) is 48.9 Å². The molecule has 4 rings (SSSR count). The van der Waals surface area contributed by atoms with E-state index in [0.717, 1.165) is 13.0 Å². The zero-order valence-corrected chi connectivity index (χ0v) is 14.8. The summed E-state index contributed by atoms with van der Waals surface area (Å²) >= 11 is 0. The minimum atomic E-state index is -0.0790. The van der Waals surface area contributed by atoms with Crippen molar-refractivity contribution in [2.75, 3.05) is 19.6 Å². The predicted octanol–water partition coefficient (Wildman–Crippen LogP) is 1.95. The molecule has 26 heavy (non-hydrogen) atoms. The summed E-state index contributed by atoms with van der Waals surface area (Å²) in [6, 6.07) is 10.5. The fourth-order valence-electron chi connectivity index (χ4n) is 4.41. The topological polar surface area (TPSA) is 66.4 Å². The van der Waals surface area contributed by atoms with E-state index in [-0.39, 0.29) is 29.7 Å². The van der Waals surface area contributed by atoms with E-state index < -0.39 is 0 Å². The van der Waals surface area contributed by atoms with Gasteiger partial charge >= 0.3 is 0 Å². The number of amides is 2. The van der Waals surface area contributed by atoms with Gasteiger partial charge in [0, 0.05) is 56.8 Å². The van der Waals surface area contributed by atoms with E-state index in [1.54, 1.807) is 19.3 Å². The molecule has 6 nitrogen and oxygen atoms in total. The smallest absolute Gasteiger partial charge is 0.274 e. The zero-order chi connectivity index (χ0) is 18.1. The second-order valence-electron chi connectivity index (χ2n) is 7.05. The molecule has 1 aromatic carbocycles. The van der Waals surface area contributed by atoms with E-state index in [4.69, 9.17) is 0 Å². The number of hydrogen-bond donors (Lipinski definition) is 0. The summed E-state index contributed by atoms with van der Waals surface area (Å²) in [5.41, 5.74) is 1.61. The van der Waals surface area contributed by atoms with Crippen molar-refractivity contribution in [2.24, 2.45) is 5.92 Å². The van der Waals surface area contributed by atoms with Gasteiger partial charge in [0.2, 0.25) is 5.91 Å². The van der Waals surface area contributed by atoms with Crippen LogP contribution in [0.5, 0.6) is 0 Å². The normalized spacial score (nSPS) is 25.0. The van der Waals surface area contributed by atoms with Crippen LogP contribution in [0.4, 0.5) is 0 Å². The van der Waals surface area contributed by atoms with Crippen molar-refractivity contribution in [3.05, 3.63) is 60.2 Å². The molecular formula is C20H22N4O2. The van der Waals surface area contributed by atoms with Crippen molar-refractivity contribution in [1.82, 2.24) is 19.8 Å². The fourth-order valence-corrected chi connectivity index (χ4v) is 4.41. The van der Waals surface area contributed by atoms with Crippen molar-refractivity contribution in [3.63, 3.8) is 0 Å². The number of piperidine rings is 1. The van der Waals surface area contributed by atoms with E-state index in [1.807, 2.05) is 28.0 Å². The lowest BCUT2D eigenvalue weighted by atomic mass is 9.81. The number of fused-ring (bicyclic) bond motifs is 1. The fraction of sp³-hybridized carbons (Fsp3) is 0.400. The molecule has 0 N–H and O–H groups in total. The molecule has 0 saturated carbocycles. The predicted molar refractivity (Wildman–Crippen MR) is 96.4 cm³/mol. The molecule has 2 aromatic rings. The number of aromatic nitrogens is 2. The van der Waals surface area contributed by atoms with Crippen LogP contribution in [0.3, 0.4) is 0 Å². The van der Waals surface area contributed by atoms with Gasteiger partial charge in [0.15, 0.2) is 0 Å². The quantitative estimate of drug-likeness (QED) is 0.830. The molecule has 2 aliphatic rings. The third-order valence-corrected chi connectivity index (χ3v) is 5.63. The van der Waals surface area contributed by atoms with Crippen molar-refractivity contribution in [1.29, 1.82) is 0 Å². The molecule has 0 bridgehead atoms. The molecule has 0 aliphatic carbocycles. The van der Waals surface area contributed by atoms with Crippen LogP contribution >= 0.6 is 0 Å². The Kier molecular flexibility index (Phi) is 4.41. The van der Waals surface area contributed by atoms with E-state index in [2.05, 4.69) is 22.1 Å². The maximum Gasteiger partial charge on any atom is 0.274 e. The molecular weight excluding hydrogens is 328 g/mol. The van der Waals surface area contributed by atoms with Gasteiger partial charge in [-0.2, -0.15) is 0 Å². The highest BCUT2D eigenvalue weighted by Gasteiger charge is 2.47. The van der Waals surface area contributed by atoms with Gasteiger partial charge in [0.25, 0.3) is 5.91 Å². The van der Waals surface area contributed by atoms with Gasteiger partial charge in [-0.1, -0.05) is 30.3 Å². The summed E-state index contributed by atoms with van der Waals surface area (Å²) in [5, 5.41) is 0. The summed E-state index contributed by atoms with van der Waals surface area (Å²) in [7, 11) is 0. The minimum absolute atomic E-state index is 0.0790. The Hall–Kier alpha value is -2.76. The Labute approximate surface area is 152 Å². The highest BCUT2D eigenvalue weighted by atomic mass is 16.2. The highest BCUT2D eigenvalue weighted by Crippen LogP contribution is 2.41. The van der Waals surface area contributed by atoms with Crippen LogP contribution in [-0.4, -0.2) is 57.3 Å². The van der Waals surface area contributed by atoms with Crippen LogP contribution in [-0.2, 0) is 4.79 Å². The minimum Gasteiger partial charge on any atom is -0.339 e. The van der Waals surface area contributed by atoms with Gasteiger partial charge in [-0.3, -0.25) is 14.6 Å². The molecule has 134 valence electrons. The third kappa shape index (κ3) is 2.96. The van der Waals surface area contributed by atoms with Gasteiger partial charge in [-0.05, 0) is 12.0 Å². The summed E-state index contributed by atoms with van der Waals surface area (Å²) in [4.78, 5) is 36.9. The SMILES string of the molecule is CC(=O)N1C[C@H](c2ccccc2)[C@H]2CN(C(=O)c3cnccn3)CC[C@H]21. The molecule has 0 unspecified atom stereocenters. The highest BCUT2D eigenvalue weighted by molar-refractivity contribution is 5.92. The van der Waals surface area contributed by atoms with E-state index in [1.165, 1.54) is 11.8 Å². The molecule has 2 saturated heterocycles. The van der Waals surface area contributed by atoms with Crippen LogP contribution in [0.2, 0.25) is 0 Å². The lowest BCUT2D eigenvalue weighted by molar-refractivity contribution is -0.130. The van der Waals surface area contributed by atoms with E-state index in [0.29, 0.717) is 18.8 Å². The van der Waals surface area contributed by atoms with Gasteiger partial charge < -0.3 is 9.80 Å². The number of carbonyl (C=O) groups is 2. The lowest BCUT2D eigenvalue weighted by Gasteiger charge is -2.38. The summed E-state index contributed by atoms with van der Waals surface area (Å²) in [5.74, 6) is 0.537. The first-order valence-corrected chi connectivity index (χ1v) is 9.02. The summed E-state index contributed by atoms with van der Waals surface area (Å²) in [6.45, 7) is 3.65. The van der Waals surface area contributed by atoms with Crippen LogP contribution < -0.4 is 0 Å². The Bertz CT molecular complexity index is 796. The third-order valence-electron chi connectivity index (χ3n) is 5.63. The monoisotopic (exact) mass is 350 g/mol. The number of carbonyl (C=O) groups excluding carboxylic acids is 2. The number of nitrogens with zero attached hydrogens (tertiary/aromatic N) is 4. The summed E-state index contributed by atoms with van der Waals surface area (Å²) in [6.07, 6.45) is 5.43. The van der Waals surface area contributed by atoms with Crippen LogP contribution in [0.25, 0.3) is 0 Å². The molecule has 0 spiro atoms. The molecule has 6 heteroatoms. The zero-order valence-electron chi connectivity index (χ0n) is 14.8. The Morgan fingerprint density at radius 1 is 1.12 bits per heavy atom. The average molecular weight is 350 g/mol. The largest absolute Gasteiger partial charge is 0.339 e. The van der Waals surface area contributed by atoms with Crippen molar-refractivity contribution in [2.45, 2.75) is 25.3 Å². The van der Waals surface area contributed by atoms with E-state index in [9.17, 15) is 9.59 Å². The first kappa shape index (κ1) is 16.7. The average Bonchev–Trinajstić information content (AvgIpc) is 3.08. The van der Waals surface area contributed by atoms with Gasteiger partial charge in [-0.15, -0.1) is 0 Å². The number of benzene rings is 1. The number of rotatable bonds is 2. The number of hydrogen-bond acceptors (Lipinski definition) is 4. The van der Waals surface area contributed by atoms with Crippen LogP contribution in [0.1, 0.15) is 35.3 Å². The van der Waals surface area contributed by atoms with Crippen molar-refractivity contribution < 1.29 is 9.59 Å². The first-order valence-electron chi connectivity index (χ1n) is 9.02. The Morgan fingerprint density at radius 3 is 2.62 bits per heavy atom. The Morgan fingerprint density at radius 2 is 1.92 bits per heavy atom. The van der Waals surface area contributed by atoms with Gasteiger partial charge in [0.1, 0.15) is 5.69 Å². The van der Waals surface area contributed by atoms with E-state index >= 15 is 0 Å². The first-order chi connectivity index (χ1) is 12.6. The molecule has 1 aromatic heterocycles. The van der Waals surface area contributed by atoms with Gasteiger partial charge in [0.05, 0.1) is 6.20 Å². The van der Waals surface area contributed by atoms with Gasteiger partial charge in [-0.25, -0.2) is 4.98 Å². The van der Waals surface area contributed by atoms with Crippen LogP contribution in [0, 0.1) is 5.92 Å². The second-order valence-corrected chi connectivity index (χ2v) is 7.05.